The second-order valence-electron chi connectivity index (χ2n) is 8.50. The SMILES string of the molecule is C[C@@]12CCC[C@H]1[C@@H]1CCC3NCCC(=O)[C@]3(C)[C@H]1CC2. The van der Waals surface area contributed by atoms with E-state index in [0.717, 1.165) is 24.8 Å². The second-order valence-corrected chi connectivity index (χ2v) is 8.50. The van der Waals surface area contributed by atoms with Crippen LogP contribution in [0.2, 0.25) is 0 Å². The first kappa shape index (κ1) is 13.3. The van der Waals surface area contributed by atoms with Gasteiger partial charge in [-0.15, -0.1) is 0 Å². The monoisotopic (exact) mass is 275 g/mol. The van der Waals surface area contributed by atoms with Crippen LogP contribution in [0.1, 0.15) is 65.2 Å². The van der Waals surface area contributed by atoms with E-state index in [1.807, 2.05) is 0 Å². The van der Waals surface area contributed by atoms with Crippen molar-refractivity contribution in [2.24, 2.45) is 28.6 Å². The zero-order chi connectivity index (χ0) is 14.0. The van der Waals surface area contributed by atoms with Crippen LogP contribution in [0, 0.1) is 28.6 Å². The zero-order valence-electron chi connectivity index (χ0n) is 13.1. The number of ketones is 1. The summed E-state index contributed by atoms with van der Waals surface area (Å²) in [5.41, 5.74) is 0.556. The highest BCUT2D eigenvalue weighted by atomic mass is 16.1. The van der Waals surface area contributed by atoms with Crippen molar-refractivity contribution in [1.29, 1.82) is 0 Å². The highest BCUT2D eigenvalue weighted by molar-refractivity contribution is 5.86. The molecule has 4 fully saturated rings. The number of Topliss-reactive ketones (excluding diaryl/α,β-unsaturated/α-hetero) is 1. The lowest BCUT2D eigenvalue weighted by Crippen LogP contribution is -2.63. The molecule has 2 heteroatoms. The number of rotatable bonds is 0. The average molecular weight is 275 g/mol. The molecule has 0 aromatic heterocycles. The predicted molar refractivity (Wildman–Crippen MR) is 80.4 cm³/mol. The number of hydrogen-bond acceptors (Lipinski definition) is 2. The lowest BCUT2D eigenvalue weighted by molar-refractivity contribution is -0.148. The molecule has 1 heterocycles. The molecular formula is C18H29NO. The summed E-state index contributed by atoms with van der Waals surface area (Å²) < 4.78 is 0. The molecule has 4 rings (SSSR count). The molecule has 0 amide bonds. The molecule has 1 unspecified atom stereocenters. The lowest BCUT2D eigenvalue weighted by Gasteiger charge is -2.58. The van der Waals surface area contributed by atoms with E-state index in [9.17, 15) is 4.79 Å². The van der Waals surface area contributed by atoms with Gasteiger partial charge in [0.2, 0.25) is 0 Å². The third kappa shape index (κ3) is 1.58. The zero-order valence-corrected chi connectivity index (χ0v) is 13.1. The van der Waals surface area contributed by atoms with Gasteiger partial charge in [0.05, 0.1) is 0 Å². The minimum atomic E-state index is -0.0505. The van der Waals surface area contributed by atoms with E-state index in [1.165, 1.54) is 44.9 Å². The van der Waals surface area contributed by atoms with Crippen LogP contribution >= 0.6 is 0 Å². The van der Waals surface area contributed by atoms with Gasteiger partial charge in [-0.25, -0.2) is 0 Å². The maximum absolute atomic E-state index is 12.7. The number of piperidine rings is 1. The fourth-order valence-corrected chi connectivity index (χ4v) is 6.69. The molecule has 0 radical (unpaired) electrons. The Bertz CT molecular complexity index is 433. The first-order valence-corrected chi connectivity index (χ1v) is 8.82. The van der Waals surface area contributed by atoms with Gasteiger partial charge >= 0.3 is 0 Å². The molecule has 6 atom stereocenters. The number of hydrogen-bond donors (Lipinski definition) is 1. The van der Waals surface area contributed by atoms with E-state index in [4.69, 9.17) is 0 Å². The summed E-state index contributed by atoms with van der Waals surface area (Å²) >= 11 is 0. The highest BCUT2D eigenvalue weighted by Crippen LogP contribution is 2.63. The van der Waals surface area contributed by atoms with E-state index >= 15 is 0 Å². The van der Waals surface area contributed by atoms with Crippen molar-refractivity contribution < 1.29 is 4.79 Å². The van der Waals surface area contributed by atoms with Crippen molar-refractivity contribution in [3.8, 4) is 0 Å². The minimum Gasteiger partial charge on any atom is -0.313 e. The van der Waals surface area contributed by atoms with Gasteiger partial charge < -0.3 is 5.32 Å². The third-order valence-corrected chi connectivity index (χ3v) is 7.84. The molecule has 0 aromatic carbocycles. The molecule has 3 saturated carbocycles. The molecule has 0 bridgehead atoms. The molecule has 1 saturated heterocycles. The normalized spacial score (nSPS) is 55.0. The lowest BCUT2D eigenvalue weighted by atomic mass is 9.47. The molecule has 2 nitrogen and oxygen atoms in total. The molecular weight excluding hydrogens is 246 g/mol. The van der Waals surface area contributed by atoms with Gasteiger partial charge in [0, 0.05) is 24.4 Å². The van der Waals surface area contributed by atoms with Crippen molar-refractivity contribution in [3.63, 3.8) is 0 Å². The summed E-state index contributed by atoms with van der Waals surface area (Å²) in [6, 6.07) is 0.468. The van der Waals surface area contributed by atoms with E-state index in [-0.39, 0.29) is 5.41 Å². The van der Waals surface area contributed by atoms with E-state index in [0.29, 0.717) is 23.2 Å². The molecule has 4 aliphatic rings. The molecule has 3 aliphatic carbocycles. The standard InChI is InChI=1S/C18H29NO/c1-17-9-3-4-13(17)12-5-6-15-18(2,14(12)7-10-17)16(20)8-11-19-15/h12-15,19H,3-11H2,1-2H3/t12-,13-,14-,15?,17-,18+/m0/s1. The molecule has 20 heavy (non-hydrogen) atoms. The maximum atomic E-state index is 12.7. The fraction of sp³-hybridized carbons (Fsp3) is 0.944. The van der Waals surface area contributed by atoms with Crippen molar-refractivity contribution in [2.75, 3.05) is 6.54 Å². The fourth-order valence-electron chi connectivity index (χ4n) is 6.69. The van der Waals surface area contributed by atoms with Crippen LogP contribution in [0.4, 0.5) is 0 Å². The van der Waals surface area contributed by atoms with Gasteiger partial charge in [0.15, 0.2) is 0 Å². The first-order chi connectivity index (χ1) is 9.56. The van der Waals surface area contributed by atoms with Crippen molar-refractivity contribution in [3.05, 3.63) is 0 Å². The predicted octanol–water partition coefficient (Wildman–Crippen LogP) is 3.55. The van der Waals surface area contributed by atoms with Crippen molar-refractivity contribution in [1.82, 2.24) is 5.32 Å². The van der Waals surface area contributed by atoms with Gasteiger partial charge in [-0.05, 0) is 61.7 Å². The van der Waals surface area contributed by atoms with Crippen LogP contribution in [0.15, 0.2) is 0 Å². The van der Waals surface area contributed by atoms with Gasteiger partial charge in [-0.2, -0.15) is 0 Å². The number of carbonyl (C=O) groups is 1. The van der Waals surface area contributed by atoms with Crippen LogP contribution in [-0.2, 0) is 4.79 Å². The Balaban J connectivity index is 1.69. The van der Waals surface area contributed by atoms with E-state index in [2.05, 4.69) is 19.2 Å². The Morgan fingerprint density at radius 3 is 2.75 bits per heavy atom. The number of nitrogens with one attached hydrogen (secondary N) is 1. The van der Waals surface area contributed by atoms with Gasteiger partial charge in [0.25, 0.3) is 0 Å². The number of carbonyl (C=O) groups excluding carboxylic acids is 1. The summed E-state index contributed by atoms with van der Waals surface area (Å²) in [7, 11) is 0. The Hall–Kier alpha value is -0.370. The van der Waals surface area contributed by atoms with Crippen molar-refractivity contribution in [2.45, 2.75) is 71.3 Å². The van der Waals surface area contributed by atoms with Crippen LogP contribution in [0.25, 0.3) is 0 Å². The molecule has 112 valence electrons. The van der Waals surface area contributed by atoms with Crippen LogP contribution < -0.4 is 5.32 Å². The summed E-state index contributed by atoms with van der Waals surface area (Å²) in [6.07, 6.45) is 10.3. The van der Waals surface area contributed by atoms with E-state index in [1.54, 1.807) is 0 Å². The second kappa shape index (κ2) is 4.32. The van der Waals surface area contributed by atoms with Gasteiger partial charge in [0.1, 0.15) is 5.78 Å². The van der Waals surface area contributed by atoms with Crippen LogP contribution in [0.3, 0.4) is 0 Å². The first-order valence-electron chi connectivity index (χ1n) is 8.82. The Kier molecular flexibility index (Phi) is 2.87. The Morgan fingerprint density at radius 2 is 1.90 bits per heavy atom. The summed E-state index contributed by atoms with van der Waals surface area (Å²) in [4.78, 5) is 12.7. The van der Waals surface area contributed by atoms with Crippen molar-refractivity contribution >= 4 is 5.78 Å². The smallest absolute Gasteiger partial charge is 0.141 e. The highest BCUT2D eigenvalue weighted by Gasteiger charge is 2.59. The van der Waals surface area contributed by atoms with Crippen LogP contribution in [0.5, 0.6) is 0 Å². The molecule has 1 N–H and O–H groups in total. The maximum Gasteiger partial charge on any atom is 0.141 e. The average Bonchev–Trinajstić information content (AvgIpc) is 2.82. The van der Waals surface area contributed by atoms with E-state index < -0.39 is 0 Å². The topological polar surface area (TPSA) is 29.1 Å². The Morgan fingerprint density at radius 1 is 1.05 bits per heavy atom. The minimum absolute atomic E-state index is 0.0505. The Labute approximate surface area is 123 Å². The summed E-state index contributed by atoms with van der Waals surface area (Å²) in [5, 5.41) is 3.67. The molecule has 0 aromatic rings. The quantitative estimate of drug-likeness (QED) is 0.732. The summed E-state index contributed by atoms with van der Waals surface area (Å²) in [5.74, 6) is 2.98. The third-order valence-electron chi connectivity index (χ3n) is 7.84. The molecule has 0 spiro atoms. The largest absolute Gasteiger partial charge is 0.313 e. The molecule has 1 aliphatic heterocycles. The van der Waals surface area contributed by atoms with Gasteiger partial charge in [-0.3, -0.25) is 4.79 Å². The number of fused-ring (bicyclic) bond motifs is 5. The summed E-state index contributed by atoms with van der Waals surface area (Å²) in [6.45, 7) is 5.76. The van der Waals surface area contributed by atoms with Gasteiger partial charge in [-0.1, -0.05) is 20.3 Å². The van der Waals surface area contributed by atoms with Crippen LogP contribution in [-0.4, -0.2) is 18.4 Å².